The SMILES string of the molecule is Cc1cc(C)c(CCS(=O)c2ccccc2)c(C)c1. The molecule has 2 heteroatoms. The first kappa shape index (κ1) is 14.0. The molecule has 2 aromatic rings. The van der Waals surface area contributed by atoms with Gasteiger partial charge in [0.2, 0.25) is 0 Å². The summed E-state index contributed by atoms with van der Waals surface area (Å²) in [6, 6.07) is 14.1. The van der Waals surface area contributed by atoms with Crippen molar-refractivity contribution < 1.29 is 4.21 Å². The van der Waals surface area contributed by atoms with Gasteiger partial charge in [-0.1, -0.05) is 35.9 Å². The number of hydrogen-bond acceptors (Lipinski definition) is 1. The molecule has 1 unspecified atom stereocenters. The molecule has 2 rings (SSSR count). The van der Waals surface area contributed by atoms with Crippen molar-refractivity contribution in [3.63, 3.8) is 0 Å². The molecule has 0 saturated carbocycles. The molecule has 0 aliphatic rings. The Balaban J connectivity index is 2.10. The number of aryl methyl sites for hydroxylation is 3. The topological polar surface area (TPSA) is 17.1 Å². The third kappa shape index (κ3) is 3.54. The van der Waals surface area contributed by atoms with Gasteiger partial charge in [-0.25, -0.2) is 0 Å². The summed E-state index contributed by atoms with van der Waals surface area (Å²) in [6.07, 6.45) is 0.874. The molecule has 1 atom stereocenters. The number of benzene rings is 2. The first-order valence-electron chi connectivity index (χ1n) is 6.58. The third-order valence-corrected chi connectivity index (χ3v) is 4.76. The summed E-state index contributed by atoms with van der Waals surface area (Å²) in [6.45, 7) is 6.40. The molecule has 0 fully saturated rings. The molecular weight excluding hydrogens is 252 g/mol. The standard InChI is InChI=1S/C17H20OS/c1-13-11-14(2)17(15(3)12-13)9-10-19(18)16-7-5-4-6-8-16/h4-8,11-12H,9-10H2,1-3H3. The van der Waals surface area contributed by atoms with Crippen LogP contribution in [0.15, 0.2) is 47.4 Å². The van der Waals surface area contributed by atoms with Gasteiger partial charge in [-0.05, 0) is 56.0 Å². The Morgan fingerprint density at radius 2 is 1.53 bits per heavy atom. The van der Waals surface area contributed by atoms with E-state index >= 15 is 0 Å². The van der Waals surface area contributed by atoms with Crippen molar-refractivity contribution in [1.82, 2.24) is 0 Å². The predicted octanol–water partition coefficient (Wildman–Crippen LogP) is 3.96. The maximum atomic E-state index is 12.2. The summed E-state index contributed by atoms with van der Waals surface area (Å²) in [7, 11) is -0.906. The Morgan fingerprint density at radius 1 is 0.947 bits per heavy atom. The second kappa shape index (κ2) is 6.16. The highest BCUT2D eigenvalue weighted by Crippen LogP contribution is 2.18. The molecule has 0 radical (unpaired) electrons. The van der Waals surface area contributed by atoms with Crippen LogP contribution in [0, 0.1) is 20.8 Å². The van der Waals surface area contributed by atoms with Gasteiger partial charge in [-0.15, -0.1) is 0 Å². The molecule has 0 amide bonds. The lowest BCUT2D eigenvalue weighted by molar-refractivity contribution is 0.682. The van der Waals surface area contributed by atoms with Crippen LogP contribution in [0.3, 0.4) is 0 Å². The van der Waals surface area contributed by atoms with Gasteiger partial charge in [0.15, 0.2) is 0 Å². The van der Waals surface area contributed by atoms with Crippen LogP contribution in [0.1, 0.15) is 22.3 Å². The third-order valence-electron chi connectivity index (χ3n) is 3.38. The van der Waals surface area contributed by atoms with E-state index in [1.54, 1.807) is 0 Å². The van der Waals surface area contributed by atoms with Gasteiger partial charge >= 0.3 is 0 Å². The van der Waals surface area contributed by atoms with E-state index in [0.717, 1.165) is 11.3 Å². The minimum atomic E-state index is -0.906. The van der Waals surface area contributed by atoms with Gasteiger partial charge in [0.05, 0.1) is 10.8 Å². The van der Waals surface area contributed by atoms with E-state index < -0.39 is 10.8 Å². The predicted molar refractivity (Wildman–Crippen MR) is 82.1 cm³/mol. The van der Waals surface area contributed by atoms with Crippen LogP contribution in [0.4, 0.5) is 0 Å². The minimum Gasteiger partial charge on any atom is -0.254 e. The summed E-state index contributed by atoms with van der Waals surface area (Å²) in [5.41, 5.74) is 5.25. The average molecular weight is 272 g/mol. The zero-order chi connectivity index (χ0) is 13.8. The molecule has 0 heterocycles. The van der Waals surface area contributed by atoms with Crippen LogP contribution in [-0.4, -0.2) is 9.96 Å². The van der Waals surface area contributed by atoms with E-state index in [0.29, 0.717) is 5.75 Å². The molecule has 2 aromatic carbocycles. The Labute approximate surface area is 118 Å². The fraction of sp³-hybridized carbons (Fsp3) is 0.294. The van der Waals surface area contributed by atoms with Gasteiger partial charge in [0, 0.05) is 10.6 Å². The van der Waals surface area contributed by atoms with Gasteiger partial charge in [0.25, 0.3) is 0 Å². The summed E-state index contributed by atoms with van der Waals surface area (Å²) in [5, 5.41) is 0. The summed E-state index contributed by atoms with van der Waals surface area (Å²) in [4.78, 5) is 0.921. The summed E-state index contributed by atoms with van der Waals surface area (Å²) >= 11 is 0. The second-order valence-electron chi connectivity index (χ2n) is 4.99. The van der Waals surface area contributed by atoms with E-state index in [1.807, 2.05) is 30.3 Å². The zero-order valence-corrected chi connectivity index (χ0v) is 12.6. The van der Waals surface area contributed by atoms with E-state index in [1.165, 1.54) is 22.3 Å². The van der Waals surface area contributed by atoms with E-state index in [4.69, 9.17) is 0 Å². The Kier molecular flexibility index (Phi) is 4.54. The molecule has 0 aliphatic heterocycles. The minimum absolute atomic E-state index is 0.689. The van der Waals surface area contributed by atoms with Gasteiger partial charge in [-0.3, -0.25) is 4.21 Å². The van der Waals surface area contributed by atoms with Crippen molar-refractivity contribution >= 4 is 10.8 Å². The van der Waals surface area contributed by atoms with Crippen LogP contribution in [0.2, 0.25) is 0 Å². The average Bonchev–Trinajstić information content (AvgIpc) is 2.38. The van der Waals surface area contributed by atoms with Crippen molar-refractivity contribution in [1.29, 1.82) is 0 Å². The fourth-order valence-electron chi connectivity index (χ4n) is 2.49. The van der Waals surface area contributed by atoms with Crippen LogP contribution in [-0.2, 0) is 17.2 Å². The zero-order valence-electron chi connectivity index (χ0n) is 11.8. The van der Waals surface area contributed by atoms with E-state index in [9.17, 15) is 4.21 Å². The van der Waals surface area contributed by atoms with Gasteiger partial charge < -0.3 is 0 Å². The normalized spacial score (nSPS) is 12.4. The Hall–Kier alpha value is -1.41. The Bertz CT molecular complexity index is 564. The lowest BCUT2D eigenvalue weighted by atomic mass is 9.98. The largest absolute Gasteiger partial charge is 0.254 e. The quantitative estimate of drug-likeness (QED) is 0.823. The van der Waals surface area contributed by atoms with Crippen molar-refractivity contribution in [2.45, 2.75) is 32.1 Å². The van der Waals surface area contributed by atoms with Crippen molar-refractivity contribution in [2.24, 2.45) is 0 Å². The fourth-order valence-corrected chi connectivity index (χ4v) is 3.58. The van der Waals surface area contributed by atoms with E-state index in [-0.39, 0.29) is 0 Å². The number of rotatable bonds is 4. The molecule has 100 valence electrons. The molecule has 0 bridgehead atoms. The van der Waals surface area contributed by atoms with Crippen LogP contribution < -0.4 is 0 Å². The van der Waals surface area contributed by atoms with Crippen LogP contribution in [0.5, 0.6) is 0 Å². The molecular formula is C17H20OS. The summed E-state index contributed by atoms with van der Waals surface area (Å²) < 4.78 is 12.2. The van der Waals surface area contributed by atoms with E-state index in [2.05, 4.69) is 32.9 Å². The first-order valence-corrected chi connectivity index (χ1v) is 7.90. The van der Waals surface area contributed by atoms with Crippen LogP contribution >= 0.6 is 0 Å². The van der Waals surface area contributed by atoms with Crippen molar-refractivity contribution in [2.75, 3.05) is 5.75 Å². The molecule has 0 N–H and O–H groups in total. The number of hydrogen-bond donors (Lipinski definition) is 0. The maximum Gasteiger partial charge on any atom is 0.0532 e. The first-order chi connectivity index (χ1) is 9.08. The molecule has 19 heavy (non-hydrogen) atoms. The molecule has 0 aliphatic carbocycles. The lowest BCUT2D eigenvalue weighted by Crippen LogP contribution is -2.04. The molecule has 0 saturated heterocycles. The smallest absolute Gasteiger partial charge is 0.0532 e. The molecule has 0 spiro atoms. The monoisotopic (exact) mass is 272 g/mol. The highest BCUT2D eigenvalue weighted by atomic mass is 32.2. The van der Waals surface area contributed by atoms with Gasteiger partial charge in [0.1, 0.15) is 0 Å². The lowest BCUT2D eigenvalue weighted by Gasteiger charge is -2.11. The second-order valence-corrected chi connectivity index (χ2v) is 6.56. The van der Waals surface area contributed by atoms with Gasteiger partial charge in [-0.2, -0.15) is 0 Å². The van der Waals surface area contributed by atoms with Crippen molar-refractivity contribution in [3.8, 4) is 0 Å². The van der Waals surface area contributed by atoms with Crippen molar-refractivity contribution in [3.05, 3.63) is 64.7 Å². The summed E-state index contributed by atoms with van der Waals surface area (Å²) in [5.74, 6) is 0.689. The maximum absolute atomic E-state index is 12.2. The van der Waals surface area contributed by atoms with Crippen LogP contribution in [0.25, 0.3) is 0 Å². The molecule has 0 aromatic heterocycles. The Morgan fingerprint density at radius 3 is 2.11 bits per heavy atom. The highest BCUT2D eigenvalue weighted by molar-refractivity contribution is 7.85. The molecule has 1 nitrogen and oxygen atoms in total. The highest BCUT2D eigenvalue weighted by Gasteiger charge is 2.08.